The van der Waals surface area contributed by atoms with Crippen molar-refractivity contribution in [3.8, 4) is 11.3 Å². The SMILES string of the molecule is CC(C)c1ccc(CC(=O)Nc2nc(-c3ccccc3)c(C(=O)c3ccccc3)s2)cc1. The second-order valence-electron chi connectivity index (χ2n) is 7.88. The minimum atomic E-state index is -0.158. The Morgan fingerprint density at radius 1 is 0.875 bits per heavy atom. The lowest BCUT2D eigenvalue weighted by Crippen LogP contribution is -2.14. The summed E-state index contributed by atoms with van der Waals surface area (Å²) in [6.07, 6.45) is 0.251. The van der Waals surface area contributed by atoms with Crippen LogP contribution in [0.5, 0.6) is 0 Å². The molecule has 5 heteroatoms. The molecule has 32 heavy (non-hydrogen) atoms. The number of aromatic nitrogens is 1. The van der Waals surface area contributed by atoms with E-state index < -0.39 is 0 Å². The summed E-state index contributed by atoms with van der Waals surface area (Å²) >= 11 is 1.21. The Morgan fingerprint density at radius 2 is 1.50 bits per heavy atom. The van der Waals surface area contributed by atoms with Crippen LogP contribution in [0.2, 0.25) is 0 Å². The van der Waals surface area contributed by atoms with Crippen LogP contribution in [0.1, 0.15) is 46.1 Å². The number of hydrogen-bond acceptors (Lipinski definition) is 4. The van der Waals surface area contributed by atoms with Gasteiger partial charge in [-0.25, -0.2) is 4.98 Å². The molecular weight excluding hydrogens is 416 g/mol. The van der Waals surface area contributed by atoms with Crippen LogP contribution >= 0.6 is 11.3 Å². The topological polar surface area (TPSA) is 59.1 Å². The fourth-order valence-corrected chi connectivity index (χ4v) is 4.37. The van der Waals surface area contributed by atoms with E-state index in [2.05, 4.69) is 36.3 Å². The van der Waals surface area contributed by atoms with E-state index in [1.807, 2.05) is 60.7 Å². The lowest BCUT2D eigenvalue weighted by molar-refractivity contribution is -0.115. The summed E-state index contributed by atoms with van der Waals surface area (Å²) in [6.45, 7) is 4.28. The summed E-state index contributed by atoms with van der Waals surface area (Å²) in [5.41, 5.74) is 4.20. The minimum Gasteiger partial charge on any atom is -0.302 e. The third-order valence-electron chi connectivity index (χ3n) is 5.17. The van der Waals surface area contributed by atoms with Crippen LogP contribution in [0.3, 0.4) is 0 Å². The fourth-order valence-electron chi connectivity index (χ4n) is 3.41. The zero-order valence-electron chi connectivity index (χ0n) is 18.0. The largest absolute Gasteiger partial charge is 0.302 e. The van der Waals surface area contributed by atoms with Crippen LogP contribution in [0, 0.1) is 0 Å². The lowest BCUT2D eigenvalue weighted by atomic mass is 10.0. The molecule has 0 fully saturated rings. The van der Waals surface area contributed by atoms with E-state index in [0.29, 0.717) is 27.2 Å². The molecule has 4 aromatic rings. The van der Waals surface area contributed by atoms with E-state index in [-0.39, 0.29) is 18.1 Å². The first-order valence-corrected chi connectivity index (χ1v) is 11.4. The van der Waals surface area contributed by atoms with Gasteiger partial charge in [0.1, 0.15) is 4.88 Å². The van der Waals surface area contributed by atoms with Crippen LogP contribution in [0.15, 0.2) is 84.9 Å². The second kappa shape index (κ2) is 9.71. The van der Waals surface area contributed by atoms with E-state index in [9.17, 15) is 9.59 Å². The Kier molecular flexibility index (Phi) is 6.57. The van der Waals surface area contributed by atoms with E-state index in [1.165, 1.54) is 16.9 Å². The van der Waals surface area contributed by atoms with E-state index in [1.54, 1.807) is 12.1 Å². The van der Waals surface area contributed by atoms with Gasteiger partial charge in [-0.3, -0.25) is 9.59 Å². The average molecular weight is 441 g/mol. The highest BCUT2D eigenvalue weighted by molar-refractivity contribution is 7.18. The minimum absolute atomic E-state index is 0.105. The molecule has 3 aromatic carbocycles. The molecule has 0 saturated heterocycles. The Balaban J connectivity index is 1.58. The third kappa shape index (κ3) is 5.01. The van der Waals surface area contributed by atoms with Gasteiger partial charge in [-0.1, -0.05) is 110 Å². The molecule has 1 heterocycles. The van der Waals surface area contributed by atoms with Crippen LogP contribution in [-0.4, -0.2) is 16.7 Å². The fraction of sp³-hybridized carbons (Fsp3) is 0.148. The Bertz CT molecular complexity index is 1210. The van der Waals surface area contributed by atoms with Gasteiger partial charge in [-0.05, 0) is 17.0 Å². The number of thiazole rings is 1. The Hall–Kier alpha value is -3.57. The molecule has 0 atom stereocenters. The van der Waals surface area contributed by atoms with Gasteiger partial charge >= 0.3 is 0 Å². The molecular formula is C27H24N2O2S. The summed E-state index contributed by atoms with van der Waals surface area (Å²) in [5, 5.41) is 3.30. The van der Waals surface area contributed by atoms with Crippen LogP contribution in [-0.2, 0) is 11.2 Å². The van der Waals surface area contributed by atoms with Crippen molar-refractivity contribution < 1.29 is 9.59 Å². The predicted octanol–water partition coefficient (Wildman–Crippen LogP) is 6.35. The summed E-state index contributed by atoms with van der Waals surface area (Å²) < 4.78 is 0. The smallest absolute Gasteiger partial charge is 0.230 e. The van der Waals surface area contributed by atoms with Gasteiger partial charge in [0, 0.05) is 11.1 Å². The first-order chi connectivity index (χ1) is 15.5. The summed E-state index contributed by atoms with van der Waals surface area (Å²) in [5.74, 6) is 0.186. The standard InChI is InChI=1S/C27H24N2O2S/c1-18(2)20-15-13-19(14-16-20)17-23(30)28-27-29-24(21-9-5-3-6-10-21)26(32-27)25(31)22-11-7-4-8-12-22/h3-16,18H,17H2,1-2H3,(H,28,29,30). The van der Waals surface area contributed by atoms with Gasteiger partial charge in [-0.15, -0.1) is 0 Å². The maximum absolute atomic E-state index is 13.2. The number of benzene rings is 3. The average Bonchev–Trinajstić information content (AvgIpc) is 3.23. The zero-order chi connectivity index (χ0) is 22.5. The number of nitrogens with one attached hydrogen (secondary N) is 1. The molecule has 0 aliphatic heterocycles. The molecule has 1 N–H and O–H groups in total. The molecule has 0 aliphatic rings. The Morgan fingerprint density at radius 3 is 2.12 bits per heavy atom. The van der Waals surface area contributed by atoms with E-state index >= 15 is 0 Å². The normalized spacial score (nSPS) is 10.8. The molecule has 0 unspecified atom stereocenters. The number of carbonyl (C=O) groups excluding carboxylic acids is 2. The number of hydrogen-bond donors (Lipinski definition) is 1. The monoisotopic (exact) mass is 440 g/mol. The summed E-state index contributed by atoms with van der Waals surface area (Å²) in [7, 11) is 0. The molecule has 1 amide bonds. The second-order valence-corrected chi connectivity index (χ2v) is 8.88. The number of carbonyl (C=O) groups is 2. The molecule has 160 valence electrons. The molecule has 4 nitrogen and oxygen atoms in total. The number of ketones is 1. The molecule has 0 radical (unpaired) electrons. The van der Waals surface area contributed by atoms with Crippen LogP contribution in [0.4, 0.5) is 5.13 Å². The highest BCUT2D eigenvalue weighted by Crippen LogP contribution is 2.33. The molecule has 0 spiro atoms. The summed E-state index contributed by atoms with van der Waals surface area (Å²) in [6, 6.07) is 26.8. The van der Waals surface area contributed by atoms with Crippen molar-refractivity contribution in [2.75, 3.05) is 5.32 Å². The van der Waals surface area contributed by atoms with Crippen molar-refractivity contribution in [2.24, 2.45) is 0 Å². The van der Waals surface area contributed by atoms with Crippen molar-refractivity contribution in [3.63, 3.8) is 0 Å². The van der Waals surface area contributed by atoms with Gasteiger partial charge in [0.25, 0.3) is 0 Å². The van der Waals surface area contributed by atoms with Crippen molar-refractivity contribution >= 4 is 28.2 Å². The number of rotatable bonds is 7. The van der Waals surface area contributed by atoms with Gasteiger partial charge < -0.3 is 5.32 Å². The van der Waals surface area contributed by atoms with E-state index in [0.717, 1.165) is 11.1 Å². The number of nitrogens with zero attached hydrogens (tertiary/aromatic N) is 1. The Labute approximate surface area is 192 Å². The molecule has 4 rings (SSSR count). The predicted molar refractivity (Wildman–Crippen MR) is 130 cm³/mol. The number of amides is 1. The maximum Gasteiger partial charge on any atom is 0.230 e. The van der Waals surface area contributed by atoms with E-state index in [4.69, 9.17) is 0 Å². The quantitative estimate of drug-likeness (QED) is 0.341. The molecule has 0 bridgehead atoms. The van der Waals surface area contributed by atoms with Crippen molar-refractivity contribution in [1.29, 1.82) is 0 Å². The van der Waals surface area contributed by atoms with Crippen molar-refractivity contribution in [3.05, 3.63) is 106 Å². The van der Waals surface area contributed by atoms with Gasteiger partial charge in [-0.2, -0.15) is 0 Å². The number of anilines is 1. The first-order valence-electron chi connectivity index (χ1n) is 10.6. The van der Waals surface area contributed by atoms with Gasteiger partial charge in [0.2, 0.25) is 11.7 Å². The highest BCUT2D eigenvalue weighted by atomic mass is 32.1. The van der Waals surface area contributed by atoms with Crippen molar-refractivity contribution in [2.45, 2.75) is 26.2 Å². The van der Waals surface area contributed by atoms with Crippen LogP contribution < -0.4 is 5.32 Å². The maximum atomic E-state index is 13.2. The highest BCUT2D eigenvalue weighted by Gasteiger charge is 2.21. The molecule has 0 saturated carbocycles. The van der Waals surface area contributed by atoms with Gasteiger partial charge in [0.05, 0.1) is 12.1 Å². The van der Waals surface area contributed by atoms with Crippen molar-refractivity contribution in [1.82, 2.24) is 4.98 Å². The third-order valence-corrected chi connectivity index (χ3v) is 6.14. The zero-order valence-corrected chi connectivity index (χ0v) is 18.9. The molecule has 1 aromatic heterocycles. The van der Waals surface area contributed by atoms with Crippen LogP contribution in [0.25, 0.3) is 11.3 Å². The first kappa shape index (κ1) is 21.7. The lowest BCUT2D eigenvalue weighted by Gasteiger charge is -2.06. The summed E-state index contributed by atoms with van der Waals surface area (Å²) in [4.78, 5) is 31.0. The van der Waals surface area contributed by atoms with Gasteiger partial charge in [0.15, 0.2) is 5.13 Å². The molecule has 0 aliphatic carbocycles.